The van der Waals surface area contributed by atoms with E-state index in [0.29, 0.717) is 29.5 Å². The number of nitrogens with zero attached hydrogens (tertiary/aromatic N) is 3. The van der Waals surface area contributed by atoms with Gasteiger partial charge in [-0.05, 0) is 24.3 Å². The van der Waals surface area contributed by atoms with Gasteiger partial charge >= 0.3 is 0 Å². The quantitative estimate of drug-likeness (QED) is 0.705. The first-order valence-corrected chi connectivity index (χ1v) is 9.66. The second-order valence-electron chi connectivity index (χ2n) is 5.85. The number of anilines is 1. The minimum Gasteiger partial charge on any atom is -0.497 e. The molecular formula is C18H17N5O3S. The van der Waals surface area contributed by atoms with E-state index in [-0.39, 0.29) is 4.90 Å². The number of nitrogens with one attached hydrogen (secondary N) is 2. The number of rotatable bonds is 5. The fraction of sp³-hybridized carbons (Fsp3) is 0.111. The van der Waals surface area contributed by atoms with Crippen molar-refractivity contribution in [2.75, 3.05) is 11.8 Å². The van der Waals surface area contributed by atoms with E-state index in [4.69, 9.17) is 4.74 Å². The molecule has 1 aliphatic heterocycles. The molecule has 2 N–H and O–H groups in total. The zero-order valence-corrected chi connectivity index (χ0v) is 15.3. The Kier molecular flexibility index (Phi) is 4.28. The van der Waals surface area contributed by atoms with Crippen molar-refractivity contribution in [1.29, 1.82) is 0 Å². The molecule has 138 valence electrons. The first-order chi connectivity index (χ1) is 13.1. The molecule has 0 unspecified atom stereocenters. The maximum atomic E-state index is 13.0. The molecule has 8 nitrogen and oxygen atoms in total. The van der Waals surface area contributed by atoms with E-state index in [1.165, 1.54) is 17.9 Å². The van der Waals surface area contributed by atoms with Gasteiger partial charge in [-0.1, -0.05) is 18.2 Å². The molecule has 0 atom stereocenters. The van der Waals surface area contributed by atoms with Gasteiger partial charge in [-0.2, -0.15) is 5.10 Å². The minimum atomic E-state index is -3.86. The van der Waals surface area contributed by atoms with Crippen LogP contribution in [0.4, 0.5) is 11.5 Å². The van der Waals surface area contributed by atoms with E-state index in [2.05, 4.69) is 20.1 Å². The highest BCUT2D eigenvalue weighted by Crippen LogP contribution is 2.31. The Balaban J connectivity index is 1.85. The lowest BCUT2D eigenvalue weighted by Crippen LogP contribution is -2.17. The molecule has 0 amide bonds. The molecule has 27 heavy (non-hydrogen) atoms. The van der Waals surface area contributed by atoms with Gasteiger partial charge in [0, 0.05) is 23.9 Å². The van der Waals surface area contributed by atoms with Gasteiger partial charge in [0.2, 0.25) is 0 Å². The molecule has 0 radical (unpaired) electrons. The summed E-state index contributed by atoms with van der Waals surface area (Å²) in [4.78, 5) is 4.38. The third kappa shape index (κ3) is 3.24. The Morgan fingerprint density at radius 1 is 1.19 bits per heavy atom. The lowest BCUT2D eigenvalue weighted by molar-refractivity contribution is 0.414. The number of ether oxygens (including phenoxy) is 1. The van der Waals surface area contributed by atoms with Crippen LogP contribution in [0.15, 0.2) is 64.6 Å². The minimum absolute atomic E-state index is 0.0757. The molecule has 0 saturated heterocycles. The number of sulfonamides is 1. The van der Waals surface area contributed by atoms with Gasteiger partial charge in [-0.15, -0.1) is 0 Å². The van der Waals surface area contributed by atoms with Crippen LogP contribution in [-0.2, 0) is 16.6 Å². The lowest BCUT2D eigenvalue weighted by atomic mass is 10.2. The van der Waals surface area contributed by atoms with Crippen LogP contribution < -0.4 is 14.8 Å². The van der Waals surface area contributed by atoms with Crippen molar-refractivity contribution in [3.63, 3.8) is 0 Å². The van der Waals surface area contributed by atoms with Crippen LogP contribution in [0, 0.1) is 0 Å². The lowest BCUT2D eigenvalue weighted by Gasteiger charge is -2.15. The van der Waals surface area contributed by atoms with Crippen LogP contribution in [0.1, 0.15) is 5.56 Å². The summed E-state index contributed by atoms with van der Waals surface area (Å²) < 4.78 is 35.5. The van der Waals surface area contributed by atoms with Crippen LogP contribution in [0.2, 0.25) is 0 Å². The molecule has 0 spiro atoms. The molecule has 0 aliphatic carbocycles. The number of aromatic nitrogens is 2. The van der Waals surface area contributed by atoms with E-state index in [0.717, 1.165) is 5.56 Å². The van der Waals surface area contributed by atoms with Crippen molar-refractivity contribution in [2.45, 2.75) is 11.4 Å². The molecule has 9 heteroatoms. The number of para-hydroxylation sites is 1. The maximum absolute atomic E-state index is 13.0. The Morgan fingerprint density at radius 2 is 2.00 bits per heavy atom. The SMILES string of the molecule is COc1ccc(S(=O)(=O)Nc2ccccc2)c(-n2ncc3c2N=CNC3)c1. The van der Waals surface area contributed by atoms with Crippen molar-refractivity contribution in [2.24, 2.45) is 4.99 Å². The predicted molar refractivity (Wildman–Crippen MR) is 102 cm³/mol. The summed E-state index contributed by atoms with van der Waals surface area (Å²) in [6, 6.07) is 13.4. The Hall–Kier alpha value is -3.33. The number of hydrogen-bond donors (Lipinski definition) is 2. The summed E-state index contributed by atoms with van der Waals surface area (Å²) in [6.07, 6.45) is 3.23. The fourth-order valence-corrected chi connectivity index (χ4v) is 4.03. The largest absolute Gasteiger partial charge is 0.497 e. The van der Waals surface area contributed by atoms with Crippen molar-refractivity contribution in [1.82, 2.24) is 15.1 Å². The van der Waals surface area contributed by atoms with Gasteiger partial charge in [-0.25, -0.2) is 18.1 Å². The number of fused-ring (bicyclic) bond motifs is 1. The maximum Gasteiger partial charge on any atom is 0.264 e. The second-order valence-corrected chi connectivity index (χ2v) is 7.50. The topological polar surface area (TPSA) is 97.6 Å². The Bertz CT molecular complexity index is 1110. The van der Waals surface area contributed by atoms with E-state index < -0.39 is 10.0 Å². The highest BCUT2D eigenvalue weighted by Gasteiger charge is 2.24. The standard InChI is InChI=1S/C18H17N5O3S/c1-26-15-7-8-17(27(24,25)22-14-5-3-2-4-6-14)16(9-15)23-18-13(11-21-23)10-19-12-20-18/h2-9,11-12,22H,10H2,1H3,(H,19,20). The monoisotopic (exact) mass is 383 g/mol. The van der Waals surface area contributed by atoms with Gasteiger partial charge in [0.1, 0.15) is 10.6 Å². The predicted octanol–water partition coefficient (Wildman–Crippen LogP) is 2.44. The van der Waals surface area contributed by atoms with Gasteiger partial charge in [0.15, 0.2) is 5.82 Å². The van der Waals surface area contributed by atoms with Crippen molar-refractivity contribution in [3.8, 4) is 11.4 Å². The molecule has 0 bridgehead atoms. The number of hydrogen-bond acceptors (Lipinski definition) is 6. The van der Waals surface area contributed by atoms with E-state index in [1.54, 1.807) is 48.9 Å². The van der Waals surface area contributed by atoms with Crippen molar-refractivity contribution >= 4 is 27.9 Å². The second kappa shape index (κ2) is 6.76. The highest BCUT2D eigenvalue weighted by molar-refractivity contribution is 7.92. The van der Waals surface area contributed by atoms with Crippen molar-refractivity contribution < 1.29 is 13.2 Å². The highest BCUT2D eigenvalue weighted by atomic mass is 32.2. The first-order valence-electron chi connectivity index (χ1n) is 8.17. The zero-order chi connectivity index (χ0) is 18.9. The van der Waals surface area contributed by atoms with Gasteiger partial charge in [0.25, 0.3) is 10.0 Å². The number of methoxy groups -OCH3 is 1. The molecule has 2 heterocycles. The average Bonchev–Trinajstić information content (AvgIpc) is 3.12. The Labute approximate surface area is 156 Å². The summed E-state index contributed by atoms with van der Waals surface area (Å²) in [7, 11) is -2.33. The van der Waals surface area contributed by atoms with Crippen LogP contribution >= 0.6 is 0 Å². The normalized spacial score (nSPS) is 12.9. The van der Waals surface area contributed by atoms with Crippen LogP contribution in [-0.4, -0.2) is 31.6 Å². The molecule has 1 aliphatic rings. The molecule has 4 rings (SSSR count). The van der Waals surface area contributed by atoms with E-state index in [1.807, 2.05) is 6.07 Å². The van der Waals surface area contributed by atoms with E-state index in [9.17, 15) is 8.42 Å². The third-order valence-electron chi connectivity index (χ3n) is 4.10. The molecule has 1 aromatic heterocycles. The fourth-order valence-electron chi connectivity index (χ4n) is 2.81. The van der Waals surface area contributed by atoms with Crippen LogP contribution in [0.25, 0.3) is 5.69 Å². The first kappa shape index (κ1) is 17.1. The molecule has 2 aromatic carbocycles. The zero-order valence-electron chi connectivity index (χ0n) is 14.5. The third-order valence-corrected chi connectivity index (χ3v) is 5.53. The van der Waals surface area contributed by atoms with Gasteiger partial charge in [-0.3, -0.25) is 4.72 Å². The summed E-state index contributed by atoms with van der Waals surface area (Å²) in [5.74, 6) is 1.10. The van der Waals surface area contributed by atoms with E-state index >= 15 is 0 Å². The van der Waals surface area contributed by atoms with Gasteiger partial charge in [0.05, 0.1) is 25.3 Å². The molecular weight excluding hydrogens is 366 g/mol. The smallest absolute Gasteiger partial charge is 0.264 e. The van der Waals surface area contributed by atoms with Crippen molar-refractivity contribution in [3.05, 3.63) is 60.3 Å². The van der Waals surface area contributed by atoms with Gasteiger partial charge < -0.3 is 10.1 Å². The summed E-state index contributed by atoms with van der Waals surface area (Å²) in [6.45, 7) is 0.577. The summed E-state index contributed by atoms with van der Waals surface area (Å²) in [5, 5.41) is 7.35. The number of aliphatic imine (C=N–C) groups is 1. The average molecular weight is 383 g/mol. The Morgan fingerprint density at radius 3 is 2.78 bits per heavy atom. The molecule has 0 fully saturated rings. The van der Waals surface area contributed by atoms with Crippen LogP contribution in [0.3, 0.4) is 0 Å². The summed E-state index contributed by atoms with van der Waals surface area (Å²) in [5.41, 5.74) is 1.71. The molecule has 3 aromatic rings. The molecule has 0 saturated carbocycles. The summed E-state index contributed by atoms with van der Waals surface area (Å²) >= 11 is 0. The van der Waals surface area contributed by atoms with Crippen LogP contribution in [0.5, 0.6) is 5.75 Å². The number of benzene rings is 2.